The molecule has 0 spiro atoms. The molecule has 0 aliphatic heterocycles. The predicted octanol–water partition coefficient (Wildman–Crippen LogP) is 3.83. The molecule has 158 valence electrons. The Morgan fingerprint density at radius 3 is 2.55 bits per heavy atom. The standard InChI is InChI=1S/C18H22F3N5O2S/c1-2-25(13-6-4-3-5-7-13)16(27)12-29-17-22-23-24-26(17)14-8-10-15(11-9-14)28-18(19,20)21/h8-11,13H,2-7,12H2,1H3. The summed E-state index contributed by atoms with van der Waals surface area (Å²) in [7, 11) is 0. The van der Waals surface area contributed by atoms with Gasteiger partial charge in [0.1, 0.15) is 5.75 Å². The molecule has 1 aliphatic carbocycles. The van der Waals surface area contributed by atoms with Crippen molar-refractivity contribution in [2.45, 2.75) is 56.6 Å². The van der Waals surface area contributed by atoms with Crippen molar-refractivity contribution in [1.82, 2.24) is 25.1 Å². The molecule has 0 atom stereocenters. The summed E-state index contributed by atoms with van der Waals surface area (Å²) in [4.78, 5) is 14.6. The van der Waals surface area contributed by atoms with Gasteiger partial charge in [-0.15, -0.1) is 18.3 Å². The Morgan fingerprint density at radius 2 is 1.93 bits per heavy atom. The summed E-state index contributed by atoms with van der Waals surface area (Å²) in [5, 5.41) is 11.8. The summed E-state index contributed by atoms with van der Waals surface area (Å²) < 4.78 is 42.1. The fraction of sp³-hybridized carbons (Fsp3) is 0.556. The van der Waals surface area contributed by atoms with E-state index >= 15 is 0 Å². The smallest absolute Gasteiger partial charge is 0.406 e. The summed E-state index contributed by atoms with van der Waals surface area (Å²) in [5.41, 5.74) is 0.471. The number of carbonyl (C=O) groups excluding carboxylic acids is 1. The Bertz CT molecular complexity index is 807. The summed E-state index contributed by atoms with van der Waals surface area (Å²) in [5.74, 6) is -0.0994. The predicted molar refractivity (Wildman–Crippen MR) is 101 cm³/mol. The van der Waals surface area contributed by atoms with Crippen LogP contribution < -0.4 is 4.74 Å². The minimum Gasteiger partial charge on any atom is -0.406 e. The highest BCUT2D eigenvalue weighted by Gasteiger charge is 2.31. The highest BCUT2D eigenvalue weighted by molar-refractivity contribution is 7.99. The number of nitrogens with zero attached hydrogens (tertiary/aromatic N) is 5. The molecule has 1 heterocycles. The third-order valence-electron chi connectivity index (χ3n) is 4.76. The third kappa shape index (κ3) is 5.84. The van der Waals surface area contributed by atoms with E-state index in [0.717, 1.165) is 25.7 Å². The SMILES string of the molecule is CCN(C(=O)CSc1nnnn1-c1ccc(OC(F)(F)F)cc1)C1CCCCC1. The molecule has 11 heteroatoms. The first-order valence-corrected chi connectivity index (χ1v) is 10.4. The number of hydrogen-bond donors (Lipinski definition) is 0. The number of benzene rings is 1. The molecule has 1 aromatic heterocycles. The lowest BCUT2D eigenvalue weighted by Crippen LogP contribution is -2.42. The third-order valence-corrected chi connectivity index (χ3v) is 5.66. The molecule has 0 unspecified atom stereocenters. The van der Waals surface area contributed by atoms with Gasteiger partial charge in [0, 0.05) is 12.6 Å². The number of carbonyl (C=O) groups is 1. The first-order valence-electron chi connectivity index (χ1n) is 9.44. The van der Waals surface area contributed by atoms with E-state index in [-0.39, 0.29) is 17.4 Å². The van der Waals surface area contributed by atoms with Crippen LogP contribution in [-0.2, 0) is 4.79 Å². The molecule has 0 saturated heterocycles. The van der Waals surface area contributed by atoms with Crippen molar-refractivity contribution in [3.05, 3.63) is 24.3 Å². The lowest BCUT2D eigenvalue weighted by molar-refractivity contribution is -0.274. The molecule has 0 radical (unpaired) electrons. The van der Waals surface area contributed by atoms with Crippen molar-refractivity contribution in [2.24, 2.45) is 0 Å². The number of amides is 1. The van der Waals surface area contributed by atoms with Crippen molar-refractivity contribution in [3.8, 4) is 11.4 Å². The van der Waals surface area contributed by atoms with Crippen LogP contribution >= 0.6 is 11.8 Å². The monoisotopic (exact) mass is 429 g/mol. The van der Waals surface area contributed by atoms with Gasteiger partial charge in [0.2, 0.25) is 11.1 Å². The number of halogens is 3. The molecule has 7 nitrogen and oxygen atoms in total. The minimum atomic E-state index is -4.75. The van der Waals surface area contributed by atoms with E-state index in [1.807, 2.05) is 11.8 Å². The number of alkyl halides is 3. The number of rotatable bonds is 7. The molecule has 2 aromatic rings. The summed E-state index contributed by atoms with van der Waals surface area (Å²) in [6, 6.07) is 5.50. The Balaban J connectivity index is 1.63. The summed E-state index contributed by atoms with van der Waals surface area (Å²) in [6.07, 6.45) is 0.837. The van der Waals surface area contributed by atoms with Crippen molar-refractivity contribution >= 4 is 17.7 Å². The van der Waals surface area contributed by atoms with Gasteiger partial charge in [0.05, 0.1) is 11.4 Å². The lowest BCUT2D eigenvalue weighted by Gasteiger charge is -2.33. The second kappa shape index (κ2) is 9.47. The first kappa shape index (κ1) is 21.4. The number of thioether (sulfide) groups is 1. The van der Waals surface area contributed by atoms with E-state index < -0.39 is 6.36 Å². The molecule has 1 aliphatic rings. The highest BCUT2D eigenvalue weighted by atomic mass is 32.2. The fourth-order valence-electron chi connectivity index (χ4n) is 3.46. The molecule has 1 amide bonds. The lowest BCUT2D eigenvalue weighted by atomic mass is 9.94. The zero-order valence-corrected chi connectivity index (χ0v) is 16.7. The van der Waals surface area contributed by atoms with Gasteiger partial charge in [0.25, 0.3) is 0 Å². The van der Waals surface area contributed by atoms with Crippen molar-refractivity contribution in [1.29, 1.82) is 0 Å². The molecule has 0 bridgehead atoms. The van der Waals surface area contributed by atoms with E-state index in [1.165, 1.54) is 47.1 Å². The van der Waals surface area contributed by atoms with Gasteiger partial charge < -0.3 is 9.64 Å². The van der Waals surface area contributed by atoms with Crippen LogP contribution in [0, 0.1) is 0 Å². The van der Waals surface area contributed by atoms with Crippen molar-refractivity contribution in [3.63, 3.8) is 0 Å². The maximum atomic E-state index is 12.7. The van der Waals surface area contributed by atoms with Gasteiger partial charge in [-0.3, -0.25) is 4.79 Å². The zero-order valence-electron chi connectivity index (χ0n) is 15.9. The molecule has 1 aromatic carbocycles. The Labute approximate surface area is 170 Å². The first-order chi connectivity index (χ1) is 13.9. The second-order valence-electron chi connectivity index (χ2n) is 6.68. The van der Waals surface area contributed by atoms with Gasteiger partial charge in [-0.2, -0.15) is 4.68 Å². The maximum Gasteiger partial charge on any atom is 0.573 e. The van der Waals surface area contributed by atoms with Crippen LogP contribution in [0.3, 0.4) is 0 Å². The highest BCUT2D eigenvalue weighted by Crippen LogP contribution is 2.26. The van der Waals surface area contributed by atoms with Crippen LogP contribution in [0.1, 0.15) is 39.0 Å². The quantitative estimate of drug-likeness (QED) is 0.623. The van der Waals surface area contributed by atoms with Gasteiger partial charge in [-0.1, -0.05) is 31.0 Å². The molecule has 3 rings (SSSR count). The van der Waals surface area contributed by atoms with Crippen molar-refractivity contribution in [2.75, 3.05) is 12.3 Å². The van der Waals surface area contributed by atoms with Gasteiger partial charge in [-0.25, -0.2) is 0 Å². The van der Waals surface area contributed by atoms with Gasteiger partial charge in [-0.05, 0) is 54.5 Å². The Morgan fingerprint density at radius 1 is 1.24 bits per heavy atom. The Kier molecular flexibility index (Phi) is 6.99. The zero-order chi connectivity index (χ0) is 20.9. The second-order valence-corrected chi connectivity index (χ2v) is 7.62. The van der Waals surface area contributed by atoms with Crippen LogP contribution in [-0.4, -0.2) is 55.7 Å². The molecule has 0 N–H and O–H groups in total. The molecular formula is C18H22F3N5O2S. The van der Waals surface area contributed by atoms with Crippen LogP contribution in [0.25, 0.3) is 5.69 Å². The minimum absolute atomic E-state index is 0.0351. The topological polar surface area (TPSA) is 73.1 Å². The van der Waals surface area contributed by atoms with Crippen LogP contribution in [0.5, 0.6) is 5.75 Å². The summed E-state index contributed by atoms with van der Waals surface area (Å²) in [6.45, 7) is 2.64. The average molecular weight is 429 g/mol. The summed E-state index contributed by atoms with van der Waals surface area (Å²) >= 11 is 1.20. The number of aromatic nitrogens is 4. The van der Waals surface area contributed by atoms with E-state index in [2.05, 4.69) is 20.3 Å². The van der Waals surface area contributed by atoms with Crippen LogP contribution in [0.15, 0.2) is 29.4 Å². The number of tetrazole rings is 1. The van der Waals surface area contributed by atoms with E-state index in [0.29, 0.717) is 23.4 Å². The van der Waals surface area contributed by atoms with E-state index in [4.69, 9.17) is 0 Å². The average Bonchev–Trinajstić information content (AvgIpc) is 3.16. The fourth-order valence-corrected chi connectivity index (χ4v) is 4.24. The molecule has 1 fully saturated rings. The molecule has 29 heavy (non-hydrogen) atoms. The van der Waals surface area contributed by atoms with E-state index in [1.54, 1.807) is 0 Å². The van der Waals surface area contributed by atoms with Crippen LogP contribution in [0.2, 0.25) is 0 Å². The number of hydrogen-bond acceptors (Lipinski definition) is 6. The largest absolute Gasteiger partial charge is 0.573 e. The maximum absolute atomic E-state index is 12.7. The van der Waals surface area contributed by atoms with Gasteiger partial charge in [0.15, 0.2) is 0 Å². The number of ether oxygens (including phenoxy) is 1. The molecule has 1 saturated carbocycles. The van der Waals surface area contributed by atoms with E-state index in [9.17, 15) is 18.0 Å². The Hall–Kier alpha value is -2.30. The van der Waals surface area contributed by atoms with Gasteiger partial charge >= 0.3 is 6.36 Å². The normalized spacial score (nSPS) is 15.3. The van der Waals surface area contributed by atoms with Crippen molar-refractivity contribution < 1.29 is 22.7 Å². The molecular weight excluding hydrogens is 407 g/mol. The van der Waals surface area contributed by atoms with Crippen LogP contribution in [0.4, 0.5) is 13.2 Å².